The molecule has 16 heavy (non-hydrogen) atoms. The Kier molecular flexibility index (Phi) is 3.21. The number of tetrazole rings is 1. The minimum Gasteiger partial charge on any atom is -0.392 e. The molecule has 1 atom stereocenters. The van der Waals surface area contributed by atoms with Crippen molar-refractivity contribution in [2.45, 2.75) is 18.9 Å². The van der Waals surface area contributed by atoms with Crippen LogP contribution in [0, 0.1) is 0 Å². The minimum absolute atomic E-state index is 0.413. The lowest BCUT2D eigenvalue weighted by molar-refractivity contribution is 0.173. The third kappa shape index (κ3) is 2.83. The summed E-state index contributed by atoms with van der Waals surface area (Å²) in [6, 6.07) is 3.76. The first-order chi connectivity index (χ1) is 7.74. The molecule has 1 unspecified atom stereocenters. The molecule has 0 spiro atoms. The van der Waals surface area contributed by atoms with Gasteiger partial charge in [0.25, 0.3) is 0 Å². The first-order valence-corrected chi connectivity index (χ1v) is 5.04. The van der Waals surface area contributed by atoms with E-state index >= 15 is 0 Å². The van der Waals surface area contributed by atoms with E-state index in [-0.39, 0.29) is 0 Å². The van der Waals surface area contributed by atoms with Crippen LogP contribution >= 0.6 is 0 Å². The van der Waals surface area contributed by atoms with Crippen molar-refractivity contribution in [3.63, 3.8) is 0 Å². The van der Waals surface area contributed by atoms with E-state index in [0.29, 0.717) is 18.7 Å². The summed E-state index contributed by atoms with van der Waals surface area (Å²) in [5, 5.41) is 21.4. The van der Waals surface area contributed by atoms with Crippen LogP contribution < -0.4 is 0 Å². The van der Waals surface area contributed by atoms with Crippen LogP contribution in [-0.2, 0) is 19.9 Å². The van der Waals surface area contributed by atoms with E-state index in [1.54, 1.807) is 19.4 Å². The van der Waals surface area contributed by atoms with Gasteiger partial charge in [0.2, 0.25) is 0 Å². The van der Waals surface area contributed by atoms with Gasteiger partial charge < -0.3 is 5.11 Å². The Labute approximate surface area is 92.9 Å². The molecule has 84 valence electrons. The highest BCUT2D eigenvalue weighted by Crippen LogP contribution is 2.04. The van der Waals surface area contributed by atoms with Crippen molar-refractivity contribution >= 4 is 0 Å². The second-order valence-corrected chi connectivity index (χ2v) is 3.61. The van der Waals surface area contributed by atoms with Crippen LogP contribution in [0.1, 0.15) is 11.4 Å². The van der Waals surface area contributed by atoms with E-state index < -0.39 is 6.10 Å². The molecule has 0 saturated carbocycles. The van der Waals surface area contributed by atoms with Gasteiger partial charge in [-0.25, -0.2) is 0 Å². The van der Waals surface area contributed by atoms with Crippen molar-refractivity contribution in [3.05, 3.63) is 35.9 Å². The Morgan fingerprint density at radius 3 is 2.69 bits per heavy atom. The van der Waals surface area contributed by atoms with E-state index in [1.807, 2.05) is 12.1 Å². The van der Waals surface area contributed by atoms with Gasteiger partial charge in [0.15, 0.2) is 5.82 Å². The van der Waals surface area contributed by atoms with Crippen LogP contribution in [0.3, 0.4) is 0 Å². The number of hydrogen-bond acceptors (Lipinski definition) is 5. The fourth-order valence-electron chi connectivity index (χ4n) is 1.48. The number of aliphatic hydroxyl groups excluding tert-OH is 1. The number of aromatic nitrogens is 5. The Bertz CT molecular complexity index is 441. The zero-order chi connectivity index (χ0) is 11.4. The van der Waals surface area contributed by atoms with Gasteiger partial charge in [0.05, 0.1) is 13.2 Å². The normalized spacial score (nSPS) is 12.6. The SMILES string of the molecule is Cn1nnc(CC(O)Cc2ccncc2)n1. The van der Waals surface area contributed by atoms with Gasteiger partial charge >= 0.3 is 0 Å². The average Bonchev–Trinajstić information content (AvgIpc) is 2.65. The summed E-state index contributed by atoms with van der Waals surface area (Å²) in [5.74, 6) is 0.559. The number of pyridine rings is 1. The van der Waals surface area contributed by atoms with Gasteiger partial charge in [0, 0.05) is 18.8 Å². The van der Waals surface area contributed by atoms with Crippen molar-refractivity contribution in [2.24, 2.45) is 7.05 Å². The van der Waals surface area contributed by atoms with Crippen molar-refractivity contribution < 1.29 is 5.11 Å². The largest absolute Gasteiger partial charge is 0.392 e. The van der Waals surface area contributed by atoms with Crippen molar-refractivity contribution in [1.29, 1.82) is 0 Å². The quantitative estimate of drug-likeness (QED) is 0.767. The smallest absolute Gasteiger partial charge is 0.177 e. The van der Waals surface area contributed by atoms with Crippen molar-refractivity contribution in [1.82, 2.24) is 25.2 Å². The van der Waals surface area contributed by atoms with Gasteiger partial charge in [-0.15, -0.1) is 10.2 Å². The summed E-state index contributed by atoms with van der Waals surface area (Å²) >= 11 is 0. The van der Waals surface area contributed by atoms with Crippen molar-refractivity contribution in [2.75, 3.05) is 0 Å². The van der Waals surface area contributed by atoms with E-state index in [0.717, 1.165) is 5.56 Å². The molecule has 0 aliphatic rings. The van der Waals surface area contributed by atoms with Gasteiger partial charge in [-0.2, -0.15) is 4.80 Å². The van der Waals surface area contributed by atoms with Crippen LogP contribution in [0.5, 0.6) is 0 Å². The highest BCUT2D eigenvalue weighted by molar-refractivity contribution is 5.11. The maximum atomic E-state index is 9.83. The van der Waals surface area contributed by atoms with Crippen LogP contribution in [0.2, 0.25) is 0 Å². The van der Waals surface area contributed by atoms with Crippen LogP contribution in [0.4, 0.5) is 0 Å². The third-order valence-electron chi connectivity index (χ3n) is 2.19. The summed E-state index contributed by atoms with van der Waals surface area (Å²) in [6.07, 6.45) is 3.91. The molecule has 0 bridgehead atoms. The molecule has 0 aromatic carbocycles. The van der Waals surface area contributed by atoms with E-state index in [4.69, 9.17) is 0 Å². The minimum atomic E-state index is -0.494. The lowest BCUT2D eigenvalue weighted by Gasteiger charge is -2.07. The Balaban J connectivity index is 1.92. The maximum Gasteiger partial charge on any atom is 0.177 e. The topological polar surface area (TPSA) is 76.7 Å². The van der Waals surface area contributed by atoms with Crippen LogP contribution in [0.15, 0.2) is 24.5 Å². The highest BCUT2D eigenvalue weighted by atomic mass is 16.3. The lowest BCUT2D eigenvalue weighted by Crippen LogP contribution is -2.15. The second-order valence-electron chi connectivity index (χ2n) is 3.61. The zero-order valence-electron chi connectivity index (χ0n) is 8.98. The summed E-state index contributed by atoms with van der Waals surface area (Å²) in [6.45, 7) is 0. The molecule has 0 aliphatic heterocycles. The fourth-order valence-corrected chi connectivity index (χ4v) is 1.48. The Morgan fingerprint density at radius 2 is 2.06 bits per heavy atom. The summed E-state index contributed by atoms with van der Waals surface area (Å²) in [4.78, 5) is 5.30. The van der Waals surface area contributed by atoms with Crippen LogP contribution in [-0.4, -0.2) is 36.4 Å². The molecular weight excluding hydrogens is 206 g/mol. The number of aryl methyl sites for hydroxylation is 1. The second kappa shape index (κ2) is 4.80. The first kappa shape index (κ1) is 10.7. The van der Waals surface area contributed by atoms with Crippen molar-refractivity contribution in [3.8, 4) is 0 Å². The molecule has 2 heterocycles. The van der Waals surface area contributed by atoms with Gasteiger partial charge in [0.1, 0.15) is 0 Å². The van der Waals surface area contributed by atoms with Gasteiger partial charge in [-0.3, -0.25) is 4.98 Å². The zero-order valence-corrected chi connectivity index (χ0v) is 8.98. The summed E-state index contributed by atoms with van der Waals surface area (Å²) in [5.41, 5.74) is 1.05. The number of rotatable bonds is 4. The third-order valence-corrected chi connectivity index (χ3v) is 2.19. The maximum absolute atomic E-state index is 9.83. The molecule has 6 nitrogen and oxygen atoms in total. The van der Waals surface area contributed by atoms with E-state index in [9.17, 15) is 5.11 Å². The van der Waals surface area contributed by atoms with E-state index in [1.165, 1.54) is 4.80 Å². The molecule has 0 fully saturated rings. The number of hydrogen-bond donors (Lipinski definition) is 1. The first-order valence-electron chi connectivity index (χ1n) is 5.04. The number of nitrogens with zero attached hydrogens (tertiary/aromatic N) is 5. The molecule has 2 aromatic heterocycles. The molecule has 6 heteroatoms. The standard InChI is InChI=1S/C10H13N5O/c1-15-13-10(12-14-15)7-9(16)6-8-2-4-11-5-3-8/h2-5,9,16H,6-7H2,1H3. The molecule has 2 rings (SSSR count). The van der Waals surface area contributed by atoms with Crippen LogP contribution in [0.25, 0.3) is 0 Å². The molecular formula is C10H13N5O. The molecule has 0 radical (unpaired) electrons. The molecule has 1 N–H and O–H groups in total. The summed E-state index contributed by atoms with van der Waals surface area (Å²) < 4.78 is 0. The lowest BCUT2D eigenvalue weighted by atomic mass is 10.1. The monoisotopic (exact) mass is 219 g/mol. The highest BCUT2D eigenvalue weighted by Gasteiger charge is 2.10. The molecule has 2 aromatic rings. The Hall–Kier alpha value is -1.82. The fraction of sp³-hybridized carbons (Fsp3) is 0.400. The summed E-state index contributed by atoms with van der Waals surface area (Å²) in [7, 11) is 1.70. The van der Waals surface area contributed by atoms with Gasteiger partial charge in [-0.1, -0.05) is 0 Å². The molecule has 0 saturated heterocycles. The average molecular weight is 219 g/mol. The molecule has 0 amide bonds. The van der Waals surface area contributed by atoms with E-state index in [2.05, 4.69) is 20.4 Å². The predicted molar refractivity (Wildman–Crippen MR) is 56.4 cm³/mol. The molecule has 0 aliphatic carbocycles. The predicted octanol–water partition coefficient (Wildman–Crippen LogP) is -0.249. The number of aliphatic hydroxyl groups is 1. The van der Waals surface area contributed by atoms with Gasteiger partial charge in [-0.05, 0) is 29.3 Å². The Morgan fingerprint density at radius 1 is 1.31 bits per heavy atom.